The fourth-order valence-corrected chi connectivity index (χ4v) is 0.673. The number of nitriles is 1. The van der Waals surface area contributed by atoms with Crippen molar-refractivity contribution in [2.24, 2.45) is 0 Å². The Morgan fingerprint density at radius 2 is 2.50 bits per heavy atom. The summed E-state index contributed by atoms with van der Waals surface area (Å²) in [6.07, 6.45) is 1.47. The van der Waals surface area contributed by atoms with Gasteiger partial charge in [-0.15, -0.1) is 0 Å². The van der Waals surface area contributed by atoms with Crippen LogP contribution < -0.4 is 0 Å². The van der Waals surface area contributed by atoms with E-state index in [4.69, 9.17) is 9.68 Å². The van der Waals surface area contributed by atoms with Gasteiger partial charge in [-0.25, -0.2) is 0 Å². The molecule has 8 heavy (non-hydrogen) atoms. The topological polar surface area (TPSA) is 36.9 Å². The highest BCUT2D eigenvalue weighted by atomic mass is 79.9. The molecule has 0 N–H and O–H groups in total. The van der Waals surface area contributed by atoms with E-state index in [-0.39, 0.29) is 0 Å². The van der Waals surface area contributed by atoms with Gasteiger partial charge in [-0.3, -0.25) is 0 Å². The highest BCUT2D eigenvalue weighted by Crippen LogP contribution is 2.12. The molecule has 0 unspecified atom stereocenters. The summed E-state index contributed by atoms with van der Waals surface area (Å²) in [6.45, 7) is 0. The van der Waals surface area contributed by atoms with Crippen LogP contribution in [0.2, 0.25) is 0 Å². The van der Waals surface area contributed by atoms with Crippen molar-refractivity contribution in [1.82, 2.24) is 0 Å². The van der Waals surface area contributed by atoms with Gasteiger partial charge < -0.3 is 4.42 Å². The molecule has 2 nitrogen and oxygen atoms in total. The highest BCUT2D eigenvalue weighted by Gasteiger charge is 1.93. The summed E-state index contributed by atoms with van der Waals surface area (Å²) >= 11 is 3.13. The van der Waals surface area contributed by atoms with E-state index in [0.29, 0.717) is 5.76 Å². The Kier molecular flexibility index (Phi) is 1.36. The summed E-state index contributed by atoms with van der Waals surface area (Å²) in [6, 6.07) is 3.46. The Morgan fingerprint density at radius 3 is 2.75 bits per heavy atom. The first-order valence-electron chi connectivity index (χ1n) is 1.97. The number of furan rings is 1. The maximum Gasteiger partial charge on any atom is 0.204 e. The minimum absolute atomic E-state index is 0.330. The lowest BCUT2D eigenvalue weighted by atomic mass is 10.5. The van der Waals surface area contributed by atoms with Gasteiger partial charge in [0.25, 0.3) is 0 Å². The molecular formula is C5H2BrNO. The van der Waals surface area contributed by atoms with Crippen LogP contribution in [0.25, 0.3) is 0 Å². The molecule has 0 aromatic carbocycles. The average molecular weight is 172 g/mol. The Bertz CT molecular complexity index is 223. The minimum atomic E-state index is 0.330. The van der Waals surface area contributed by atoms with Crippen molar-refractivity contribution in [3.05, 3.63) is 22.6 Å². The van der Waals surface area contributed by atoms with E-state index in [2.05, 4.69) is 15.9 Å². The molecule has 0 bridgehead atoms. The second-order valence-corrected chi connectivity index (χ2v) is 2.16. The van der Waals surface area contributed by atoms with Crippen LogP contribution in [0.4, 0.5) is 0 Å². The lowest BCUT2D eigenvalue weighted by molar-refractivity contribution is 0.551. The number of rotatable bonds is 0. The fourth-order valence-electron chi connectivity index (χ4n) is 0.372. The molecule has 3 heteroatoms. The molecule has 1 aromatic rings. The molecule has 0 aliphatic heterocycles. The van der Waals surface area contributed by atoms with Crippen molar-refractivity contribution in [1.29, 1.82) is 5.26 Å². The third-order valence-electron chi connectivity index (χ3n) is 0.678. The SMILES string of the molecule is N#Cc1cc(Br)co1. The van der Waals surface area contributed by atoms with Crippen LogP contribution >= 0.6 is 15.9 Å². The zero-order chi connectivity index (χ0) is 5.98. The molecule has 0 atom stereocenters. The summed E-state index contributed by atoms with van der Waals surface area (Å²) in [5.41, 5.74) is 0. The first kappa shape index (κ1) is 5.39. The molecule has 0 radical (unpaired) electrons. The van der Waals surface area contributed by atoms with Gasteiger partial charge in [0.2, 0.25) is 5.76 Å². The van der Waals surface area contributed by atoms with E-state index in [1.54, 1.807) is 6.07 Å². The van der Waals surface area contributed by atoms with Gasteiger partial charge in [0.15, 0.2) is 0 Å². The molecule has 40 valence electrons. The van der Waals surface area contributed by atoms with E-state index >= 15 is 0 Å². The maximum atomic E-state index is 8.19. The van der Waals surface area contributed by atoms with Gasteiger partial charge >= 0.3 is 0 Å². The number of nitrogens with zero attached hydrogens (tertiary/aromatic N) is 1. The van der Waals surface area contributed by atoms with E-state index in [0.717, 1.165) is 4.47 Å². The first-order valence-corrected chi connectivity index (χ1v) is 2.76. The monoisotopic (exact) mass is 171 g/mol. The Hall–Kier alpha value is -0.750. The first-order chi connectivity index (χ1) is 3.83. The Morgan fingerprint density at radius 1 is 1.75 bits per heavy atom. The number of hydrogen-bond donors (Lipinski definition) is 0. The van der Waals surface area contributed by atoms with Gasteiger partial charge in [0.1, 0.15) is 12.3 Å². The van der Waals surface area contributed by atoms with Crippen LogP contribution in [0.15, 0.2) is 21.2 Å². The molecular weight excluding hydrogens is 170 g/mol. The molecule has 0 amide bonds. The lowest BCUT2D eigenvalue weighted by Gasteiger charge is -1.65. The maximum absolute atomic E-state index is 8.19. The van der Waals surface area contributed by atoms with E-state index in [1.807, 2.05) is 6.07 Å². The lowest BCUT2D eigenvalue weighted by Crippen LogP contribution is -1.55. The fraction of sp³-hybridized carbons (Fsp3) is 0. The van der Waals surface area contributed by atoms with Crippen LogP contribution in [0.5, 0.6) is 0 Å². The van der Waals surface area contributed by atoms with E-state index < -0.39 is 0 Å². The van der Waals surface area contributed by atoms with Gasteiger partial charge in [-0.1, -0.05) is 0 Å². The zero-order valence-electron chi connectivity index (χ0n) is 3.89. The molecule has 1 aromatic heterocycles. The molecule has 1 heterocycles. The van der Waals surface area contributed by atoms with Crippen LogP contribution in [0.3, 0.4) is 0 Å². The van der Waals surface area contributed by atoms with Crippen molar-refractivity contribution in [2.45, 2.75) is 0 Å². The second kappa shape index (κ2) is 2.01. The van der Waals surface area contributed by atoms with Crippen LogP contribution in [0.1, 0.15) is 5.76 Å². The molecule has 1 rings (SSSR count). The molecule has 0 saturated carbocycles. The molecule has 0 saturated heterocycles. The summed E-state index contributed by atoms with van der Waals surface area (Å²) in [5, 5.41) is 8.19. The largest absolute Gasteiger partial charge is 0.453 e. The van der Waals surface area contributed by atoms with Crippen molar-refractivity contribution in [3.63, 3.8) is 0 Å². The molecule has 0 aliphatic carbocycles. The van der Waals surface area contributed by atoms with E-state index in [9.17, 15) is 0 Å². The summed E-state index contributed by atoms with van der Waals surface area (Å²) < 4.78 is 5.51. The zero-order valence-corrected chi connectivity index (χ0v) is 5.47. The van der Waals surface area contributed by atoms with E-state index in [1.165, 1.54) is 6.26 Å². The van der Waals surface area contributed by atoms with Crippen LogP contribution in [-0.4, -0.2) is 0 Å². The van der Waals surface area contributed by atoms with Gasteiger partial charge in [-0.05, 0) is 15.9 Å². The number of hydrogen-bond acceptors (Lipinski definition) is 2. The predicted octanol–water partition coefficient (Wildman–Crippen LogP) is 1.91. The van der Waals surface area contributed by atoms with Crippen molar-refractivity contribution < 1.29 is 4.42 Å². The molecule has 0 fully saturated rings. The summed E-state index contributed by atoms with van der Waals surface area (Å²) in [7, 11) is 0. The predicted molar refractivity (Wildman–Crippen MR) is 31.1 cm³/mol. The average Bonchev–Trinajstić information content (AvgIpc) is 2.14. The molecule has 0 aliphatic rings. The Labute approximate surface area is 54.9 Å². The van der Waals surface area contributed by atoms with Gasteiger partial charge in [0, 0.05) is 6.07 Å². The Balaban J connectivity index is 3.05. The third kappa shape index (κ3) is 0.903. The normalized spacial score (nSPS) is 8.50. The van der Waals surface area contributed by atoms with Gasteiger partial charge in [-0.2, -0.15) is 5.26 Å². The smallest absolute Gasteiger partial charge is 0.204 e. The molecule has 0 spiro atoms. The minimum Gasteiger partial charge on any atom is -0.453 e. The standard InChI is InChI=1S/C5H2BrNO/c6-4-1-5(2-7)8-3-4/h1,3H. The van der Waals surface area contributed by atoms with Crippen molar-refractivity contribution in [2.75, 3.05) is 0 Å². The van der Waals surface area contributed by atoms with Crippen LogP contribution in [-0.2, 0) is 0 Å². The van der Waals surface area contributed by atoms with Crippen molar-refractivity contribution in [3.8, 4) is 6.07 Å². The summed E-state index contributed by atoms with van der Waals surface area (Å²) in [5.74, 6) is 0.330. The summed E-state index contributed by atoms with van der Waals surface area (Å²) in [4.78, 5) is 0. The van der Waals surface area contributed by atoms with Crippen molar-refractivity contribution >= 4 is 15.9 Å². The van der Waals surface area contributed by atoms with Crippen LogP contribution in [0, 0.1) is 11.3 Å². The van der Waals surface area contributed by atoms with Gasteiger partial charge in [0.05, 0.1) is 4.47 Å². The quantitative estimate of drug-likeness (QED) is 0.599. The number of halogens is 1. The third-order valence-corrected chi connectivity index (χ3v) is 1.09. The second-order valence-electron chi connectivity index (χ2n) is 1.24. The highest BCUT2D eigenvalue weighted by molar-refractivity contribution is 9.10.